The van der Waals surface area contributed by atoms with Crippen LogP contribution in [0, 0.1) is 0 Å². The van der Waals surface area contributed by atoms with Gasteiger partial charge in [0, 0.05) is 24.8 Å². The molecule has 1 aromatic carbocycles. The van der Waals surface area contributed by atoms with Gasteiger partial charge in [0.1, 0.15) is 10.3 Å². The summed E-state index contributed by atoms with van der Waals surface area (Å²) in [6.45, 7) is 3.85. The molecule has 31 heavy (non-hydrogen) atoms. The van der Waals surface area contributed by atoms with Crippen molar-refractivity contribution < 1.29 is 8.42 Å². The molecule has 10 nitrogen and oxygen atoms in total. The zero-order valence-corrected chi connectivity index (χ0v) is 18.7. The molecule has 0 unspecified atom stereocenters. The summed E-state index contributed by atoms with van der Waals surface area (Å²) < 4.78 is 23.6. The molecular weight excluding hydrogens is 436 g/mol. The lowest BCUT2D eigenvalue weighted by atomic mass is 10.1. The number of aromatic nitrogens is 6. The van der Waals surface area contributed by atoms with E-state index in [0.717, 1.165) is 33.3 Å². The van der Waals surface area contributed by atoms with Gasteiger partial charge in [-0.05, 0) is 29.5 Å². The Labute approximate surface area is 183 Å². The SMILES string of the molecule is CCc1nnn(CCNCNc2nc3ccc(-c4cccc(S(C)(=O)=O)c4)nc3s2)n1. The van der Waals surface area contributed by atoms with Gasteiger partial charge in [0.25, 0.3) is 0 Å². The fraction of sp³-hybridized carbons (Fsp3) is 0.316. The van der Waals surface area contributed by atoms with Crippen molar-refractivity contribution >= 4 is 36.7 Å². The first kappa shape index (κ1) is 21.3. The van der Waals surface area contributed by atoms with Gasteiger partial charge in [-0.2, -0.15) is 4.80 Å². The Morgan fingerprint density at radius 1 is 1.16 bits per heavy atom. The molecule has 0 saturated carbocycles. The van der Waals surface area contributed by atoms with E-state index in [1.165, 1.54) is 17.6 Å². The average Bonchev–Trinajstić information content (AvgIpc) is 3.38. The molecular formula is C19H22N8O2S2. The van der Waals surface area contributed by atoms with Crippen LogP contribution in [-0.2, 0) is 22.8 Å². The lowest BCUT2D eigenvalue weighted by molar-refractivity contribution is 0.497. The maximum Gasteiger partial charge on any atom is 0.186 e. The molecule has 2 N–H and O–H groups in total. The van der Waals surface area contributed by atoms with E-state index in [0.29, 0.717) is 25.5 Å². The quantitative estimate of drug-likeness (QED) is 0.286. The van der Waals surface area contributed by atoms with Gasteiger partial charge in [-0.1, -0.05) is 30.4 Å². The maximum atomic E-state index is 11.8. The van der Waals surface area contributed by atoms with Crippen LogP contribution in [0.4, 0.5) is 5.13 Å². The van der Waals surface area contributed by atoms with Crippen molar-refractivity contribution in [1.82, 2.24) is 35.5 Å². The lowest BCUT2D eigenvalue weighted by Gasteiger charge is -2.04. The number of nitrogens with one attached hydrogen (secondary N) is 2. The highest BCUT2D eigenvalue weighted by Crippen LogP contribution is 2.28. The van der Waals surface area contributed by atoms with Crippen molar-refractivity contribution in [3.63, 3.8) is 0 Å². The van der Waals surface area contributed by atoms with Crippen LogP contribution in [0.3, 0.4) is 0 Å². The number of thiazole rings is 1. The number of nitrogens with zero attached hydrogens (tertiary/aromatic N) is 6. The third-order valence-electron chi connectivity index (χ3n) is 4.48. The van der Waals surface area contributed by atoms with Gasteiger partial charge in [-0.25, -0.2) is 18.4 Å². The first-order valence-electron chi connectivity index (χ1n) is 9.72. The molecule has 0 saturated heterocycles. The minimum atomic E-state index is -3.27. The van der Waals surface area contributed by atoms with Crippen LogP contribution in [0.5, 0.6) is 0 Å². The molecule has 4 rings (SSSR count). The van der Waals surface area contributed by atoms with Crippen molar-refractivity contribution in [3.05, 3.63) is 42.2 Å². The summed E-state index contributed by atoms with van der Waals surface area (Å²) >= 11 is 1.45. The predicted octanol–water partition coefficient (Wildman–Crippen LogP) is 1.97. The molecule has 4 aromatic rings. The molecule has 0 spiro atoms. The summed E-state index contributed by atoms with van der Waals surface area (Å²) in [6.07, 6.45) is 1.97. The van der Waals surface area contributed by atoms with Crippen molar-refractivity contribution in [2.45, 2.75) is 24.8 Å². The highest BCUT2D eigenvalue weighted by atomic mass is 32.2. The van der Waals surface area contributed by atoms with Crippen LogP contribution in [0.25, 0.3) is 21.6 Å². The van der Waals surface area contributed by atoms with Crippen molar-refractivity contribution in [3.8, 4) is 11.3 Å². The van der Waals surface area contributed by atoms with Gasteiger partial charge in [0.05, 0.1) is 23.8 Å². The fourth-order valence-electron chi connectivity index (χ4n) is 2.86. The fourth-order valence-corrected chi connectivity index (χ4v) is 4.36. The first-order valence-corrected chi connectivity index (χ1v) is 12.4. The summed E-state index contributed by atoms with van der Waals surface area (Å²) in [5.41, 5.74) is 2.25. The number of pyridine rings is 1. The second kappa shape index (κ2) is 9.04. The van der Waals surface area contributed by atoms with Crippen LogP contribution in [-0.4, -0.2) is 58.1 Å². The Bertz CT molecular complexity index is 1300. The highest BCUT2D eigenvalue weighted by molar-refractivity contribution is 7.90. The summed E-state index contributed by atoms with van der Waals surface area (Å²) in [7, 11) is -3.27. The smallest absolute Gasteiger partial charge is 0.186 e. The monoisotopic (exact) mass is 458 g/mol. The molecule has 0 radical (unpaired) electrons. The Morgan fingerprint density at radius 2 is 2.03 bits per heavy atom. The third-order valence-corrected chi connectivity index (χ3v) is 6.51. The van der Waals surface area contributed by atoms with Gasteiger partial charge in [0.15, 0.2) is 20.8 Å². The van der Waals surface area contributed by atoms with E-state index in [2.05, 4.69) is 36.0 Å². The summed E-state index contributed by atoms with van der Waals surface area (Å²) in [5, 5.41) is 19.4. The van der Waals surface area contributed by atoms with Crippen molar-refractivity contribution in [2.24, 2.45) is 0 Å². The summed E-state index contributed by atoms with van der Waals surface area (Å²) in [5.74, 6) is 0.738. The number of fused-ring (bicyclic) bond motifs is 1. The van der Waals surface area contributed by atoms with Gasteiger partial charge < -0.3 is 5.32 Å². The second-order valence-electron chi connectivity index (χ2n) is 6.85. The number of rotatable bonds is 9. The van der Waals surface area contributed by atoms with E-state index >= 15 is 0 Å². The zero-order chi connectivity index (χ0) is 21.8. The second-order valence-corrected chi connectivity index (χ2v) is 9.84. The van der Waals surface area contributed by atoms with E-state index in [1.54, 1.807) is 23.0 Å². The van der Waals surface area contributed by atoms with E-state index in [4.69, 9.17) is 0 Å². The number of hydrogen-bond donors (Lipinski definition) is 2. The van der Waals surface area contributed by atoms with Crippen LogP contribution >= 0.6 is 11.3 Å². The Morgan fingerprint density at radius 3 is 2.81 bits per heavy atom. The number of tetrazole rings is 1. The number of sulfone groups is 1. The normalized spacial score (nSPS) is 11.8. The lowest BCUT2D eigenvalue weighted by Crippen LogP contribution is -2.26. The van der Waals surface area contributed by atoms with E-state index in [9.17, 15) is 8.42 Å². The average molecular weight is 459 g/mol. The third kappa shape index (κ3) is 5.21. The topological polar surface area (TPSA) is 128 Å². The minimum Gasteiger partial charge on any atom is -0.349 e. The van der Waals surface area contributed by atoms with Gasteiger partial charge in [-0.15, -0.1) is 10.2 Å². The van der Waals surface area contributed by atoms with E-state index in [1.807, 2.05) is 25.1 Å². The molecule has 0 aliphatic carbocycles. The minimum absolute atomic E-state index is 0.275. The van der Waals surface area contributed by atoms with Crippen molar-refractivity contribution in [2.75, 3.05) is 24.8 Å². The molecule has 0 amide bonds. The molecule has 162 valence electrons. The molecule has 0 fully saturated rings. The highest BCUT2D eigenvalue weighted by Gasteiger charge is 2.11. The van der Waals surface area contributed by atoms with Crippen LogP contribution in [0.15, 0.2) is 41.3 Å². The Balaban J connectivity index is 1.37. The number of aryl methyl sites for hydroxylation is 1. The van der Waals surface area contributed by atoms with E-state index in [-0.39, 0.29) is 4.90 Å². The van der Waals surface area contributed by atoms with Gasteiger partial charge in [-0.3, -0.25) is 5.32 Å². The standard InChI is InChI=1S/C19H22N8O2S2/c1-3-17-24-26-27(25-17)10-9-20-12-21-19-23-16-8-7-15(22-18(16)30-19)13-5-4-6-14(11-13)31(2,28)29/h4-8,11,20H,3,9-10,12H2,1-2H3,(H,21,23). The van der Waals surface area contributed by atoms with Gasteiger partial charge >= 0.3 is 0 Å². The number of benzene rings is 1. The zero-order valence-electron chi connectivity index (χ0n) is 17.1. The predicted molar refractivity (Wildman–Crippen MR) is 120 cm³/mol. The van der Waals surface area contributed by atoms with Crippen LogP contribution in [0.1, 0.15) is 12.7 Å². The summed E-state index contributed by atoms with van der Waals surface area (Å²) in [6, 6.07) is 10.5. The van der Waals surface area contributed by atoms with E-state index < -0.39 is 9.84 Å². The summed E-state index contributed by atoms with van der Waals surface area (Å²) in [4.78, 5) is 11.8. The molecule has 0 aliphatic heterocycles. The number of hydrogen-bond acceptors (Lipinski definition) is 10. The maximum absolute atomic E-state index is 11.8. The van der Waals surface area contributed by atoms with Crippen LogP contribution < -0.4 is 10.6 Å². The van der Waals surface area contributed by atoms with Crippen LogP contribution in [0.2, 0.25) is 0 Å². The number of anilines is 1. The van der Waals surface area contributed by atoms with Crippen molar-refractivity contribution in [1.29, 1.82) is 0 Å². The molecule has 12 heteroatoms. The molecule has 0 aliphatic rings. The largest absolute Gasteiger partial charge is 0.349 e. The molecule has 3 aromatic heterocycles. The molecule has 0 atom stereocenters. The molecule has 3 heterocycles. The Hall–Kier alpha value is -2.96. The first-order chi connectivity index (χ1) is 14.9. The van der Waals surface area contributed by atoms with Gasteiger partial charge in [0.2, 0.25) is 0 Å². The Kier molecular flexibility index (Phi) is 6.20. The molecule has 0 bridgehead atoms.